The van der Waals surface area contributed by atoms with E-state index in [1.54, 1.807) is 19.9 Å². The van der Waals surface area contributed by atoms with Gasteiger partial charge in [-0.15, -0.1) is 0 Å². The van der Waals surface area contributed by atoms with Crippen molar-refractivity contribution in [3.63, 3.8) is 0 Å². The molecule has 0 fully saturated rings. The standard InChI is InChI=1S/C30H34O6/c1-6-17-30(5,36-28(31)21(2)3)26-13-15-27(16-14-26)35-22(4)33-18-19-34-29(32)25-12-11-23-9-7-8-10-24(23)20-25/h7-16,20,22H,2,6,17-19H2,1,3-5H3. The topological polar surface area (TPSA) is 71.1 Å². The van der Waals surface area contributed by atoms with Gasteiger partial charge in [0.05, 0.1) is 12.2 Å². The molecular weight excluding hydrogens is 456 g/mol. The van der Waals surface area contributed by atoms with Crippen LogP contribution in [0.4, 0.5) is 0 Å². The summed E-state index contributed by atoms with van der Waals surface area (Å²) >= 11 is 0. The summed E-state index contributed by atoms with van der Waals surface area (Å²) < 4.78 is 22.5. The van der Waals surface area contributed by atoms with Gasteiger partial charge in [0.25, 0.3) is 0 Å². The number of rotatable bonds is 12. The largest absolute Gasteiger partial charge is 0.465 e. The molecule has 0 heterocycles. The van der Waals surface area contributed by atoms with Crippen LogP contribution >= 0.6 is 0 Å². The second kappa shape index (κ2) is 12.4. The van der Waals surface area contributed by atoms with Crippen molar-refractivity contribution in [2.75, 3.05) is 13.2 Å². The van der Waals surface area contributed by atoms with Crippen LogP contribution in [0.15, 0.2) is 78.9 Å². The zero-order valence-corrected chi connectivity index (χ0v) is 21.4. The van der Waals surface area contributed by atoms with Crippen LogP contribution in [0.1, 0.15) is 56.5 Å². The number of hydrogen-bond donors (Lipinski definition) is 0. The molecule has 3 aromatic rings. The number of hydrogen-bond acceptors (Lipinski definition) is 6. The first-order chi connectivity index (χ1) is 17.2. The third kappa shape index (κ3) is 7.18. The lowest BCUT2D eigenvalue weighted by Gasteiger charge is -2.30. The minimum absolute atomic E-state index is 0.113. The first-order valence-electron chi connectivity index (χ1n) is 12.2. The average molecular weight is 491 g/mol. The molecule has 0 N–H and O–H groups in total. The van der Waals surface area contributed by atoms with Crippen molar-refractivity contribution in [3.05, 3.63) is 90.0 Å². The van der Waals surface area contributed by atoms with E-state index in [9.17, 15) is 9.59 Å². The van der Waals surface area contributed by atoms with Crippen LogP contribution in [0, 0.1) is 0 Å². The Morgan fingerprint density at radius 3 is 2.33 bits per heavy atom. The van der Waals surface area contributed by atoms with Gasteiger partial charge in [-0.05, 0) is 67.8 Å². The Kier molecular flexibility index (Phi) is 9.25. The number of carbonyl (C=O) groups is 2. The Morgan fingerprint density at radius 1 is 0.972 bits per heavy atom. The van der Waals surface area contributed by atoms with Crippen LogP contribution in [0.3, 0.4) is 0 Å². The maximum atomic E-state index is 12.3. The smallest absolute Gasteiger partial charge is 0.338 e. The molecule has 2 unspecified atom stereocenters. The molecule has 6 nitrogen and oxygen atoms in total. The molecule has 0 spiro atoms. The summed E-state index contributed by atoms with van der Waals surface area (Å²) in [5.41, 5.74) is 0.995. The lowest BCUT2D eigenvalue weighted by molar-refractivity contribution is -0.155. The fourth-order valence-corrected chi connectivity index (χ4v) is 3.88. The molecule has 36 heavy (non-hydrogen) atoms. The zero-order chi connectivity index (χ0) is 26.1. The van der Waals surface area contributed by atoms with Crippen LogP contribution in [0.5, 0.6) is 5.75 Å². The molecule has 3 rings (SSSR count). The first kappa shape index (κ1) is 27.0. The molecule has 0 saturated heterocycles. The maximum Gasteiger partial charge on any atom is 0.338 e. The molecule has 190 valence electrons. The highest BCUT2D eigenvalue weighted by Gasteiger charge is 2.30. The first-order valence-corrected chi connectivity index (χ1v) is 12.2. The van der Waals surface area contributed by atoms with Crippen LogP contribution in [0.2, 0.25) is 0 Å². The van der Waals surface area contributed by atoms with Gasteiger partial charge in [0.15, 0.2) is 6.29 Å². The van der Waals surface area contributed by atoms with E-state index in [-0.39, 0.29) is 13.2 Å². The summed E-state index contributed by atoms with van der Waals surface area (Å²) in [5, 5.41) is 2.06. The van der Waals surface area contributed by atoms with Gasteiger partial charge in [0.2, 0.25) is 0 Å². The quantitative estimate of drug-likeness (QED) is 0.124. The van der Waals surface area contributed by atoms with Crippen LogP contribution in [-0.4, -0.2) is 31.4 Å². The second-order valence-corrected chi connectivity index (χ2v) is 8.93. The van der Waals surface area contributed by atoms with Gasteiger partial charge in [-0.1, -0.05) is 62.4 Å². The van der Waals surface area contributed by atoms with Crippen LogP contribution in [-0.2, 0) is 24.6 Å². The summed E-state index contributed by atoms with van der Waals surface area (Å²) in [6.07, 6.45) is 0.997. The zero-order valence-electron chi connectivity index (χ0n) is 21.4. The molecule has 3 aromatic carbocycles. The molecule has 0 aliphatic carbocycles. The normalized spacial score (nSPS) is 13.4. The highest BCUT2D eigenvalue weighted by atomic mass is 16.7. The summed E-state index contributed by atoms with van der Waals surface area (Å²) in [6.45, 7) is 11.3. The number of fused-ring (bicyclic) bond motifs is 1. The van der Waals surface area contributed by atoms with E-state index in [1.807, 2.05) is 74.5 Å². The van der Waals surface area contributed by atoms with Gasteiger partial charge in [-0.25, -0.2) is 9.59 Å². The highest BCUT2D eigenvalue weighted by Crippen LogP contribution is 2.32. The van der Waals surface area contributed by atoms with Crippen LogP contribution < -0.4 is 4.74 Å². The predicted octanol–water partition coefficient (Wildman–Crippen LogP) is 6.57. The molecule has 0 aliphatic heterocycles. The molecule has 0 radical (unpaired) electrons. The van der Waals surface area contributed by atoms with E-state index in [0.717, 1.165) is 22.8 Å². The Labute approximate surface area is 212 Å². The van der Waals surface area contributed by atoms with Gasteiger partial charge in [-0.2, -0.15) is 0 Å². The summed E-state index contributed by atoms with van der Waals surface area (Å²) in [6, 6.07) is 20.7. The molecule has 0 bridgehead atoms. The van der Waals surface area contributed by atoms with E-state index in [4.69, 9.17) is 18.9 Å². The minimum atomic E-state index is -0.750. The van der Waals surface area contributed by atoms with Crippen molar-refractivity contribution in [1.29, 1.82) is 0 Å². The third-order valence-electron chi connectivity index (χ3n) is 5.81. The van der Waals surface area contributed by atoms with Crippen molar-refractivity contribution in [1.82, 2.24) is 0 Å². The SMILES string of the molecule is C=C(C)C(=O)OC(C)(CCC)c1ccc(OC(C)OCCOC(=O)c2ccc3ccccc3c2)cc1. The summed E-state index contributed by atoms with van der Waals surface area (Å²) in [4.78, 5) is 24.5. The Morgan fingerprint density at radius 2 is 1.67 bits per heavy atom. The molecule has 6 heteroatoms. The Bertz CT molecular complexity index is 1200. The van der Waals surface area contributed by atoms with E-state index in [2.05, 4.69) is 6.58 Å². The molecule has 0 aromatic heterocycles. The Hall–Kier alpha value is -3.64. The molecular formula is C30H34O6. The molecule has 0 amide bonds. The fraction of sp³-hybridized carbons (Fsp3) is 0.333. The van der Waals surface area contributed by atoms with Gasteiger partial charge in [0.1, 0.15) is 18.0 Å². The predicted molar refractivity (Wildman–Crippen MR) is 140 cm³/mol. The van der Waals surface area contributed by atoms with Gasteiger partial charge >= 0.3 is 11.9 Å². The Balaban J connectivity index is 1.47. The number of benzene rings is 3. The summed E-state index contributed by atoms with van der Waals surface area (Å²) in [5.74, 6) is -0.185. The van der Waals surface area contributed by atoms with Gasteiger partial charge in [0, 0.05) is 5.57 Å². The summed E-state index contributed by atoms with van der Waals surface area (Å²) in [7, 11) is 0. The van der Waals surface area contributed by atoms with Crippen molar-refractivity contribution in [3.8, 4) is 5.75 Å². The van der Waals surface area contributed by atoms with E-state index >= 15 is 0 Å². The lowest BCUT2D eigenvalue weighted by Crippen LogP contribution is -2.29. The van der Waals surface area contributed by atoms with E-state index < -0.39 is 23.8 Å². The monoisotopic (exact) mass is 490 g/mol. The average Bonchev–Trinajstić information content (AvgIpc) is 2.86. The number of ether oxygens (including phenoxy) is 4. The maximum absolute atomic E-state index is 12.3. The van der Waals surface area contributed by atoms with Crippen molar-refractivity contribution in [2.45, 2.75) is 52.4 Å². The van der Waals surface area contributed by atoms with Crippen molar-refractivity contribution >= 4 is 22.7 Å². The minimum Gasteiger partial charge on any atom is -0.465 e. The lowest BCUT2D eigenvalue weighted by atomic mass is 9.91. The molecule has 0 saturated carbocycles. The van der Waals surface area contributed by atoms with Gasteiger partial charge in [-0.3, -0.25) is 0 Å². The van der Waals surface area contributed by atoms with Crippen molar-refractivity contribution in [2.24, 2.45) is 0 Å². The van der Waals surface area contributed by atoms with Gasteiger partial charge < -0.3 is 18.9 Å². The second-order valence-electron chi connectivity index (χ2n) is 8.93. The number of carbonyl (C=O) groups excluding carboxylic acids is 2. The third-order valence-corrected chi connectivity index (χ3v) is 5.81. The highest BCUT2D eigenvalue weighted by molar-refractivity contribution is 5.95. The van der Waals surface area contributed by atoms with Crippen LogP contribution in [0.25, 0.3) is 10.8 Å². The van der Waals surface area contributed by atoms with E-state index in [0.29, 0.717) is 23.3 Å². The number of esters is 2. The fourth-order valence-electron chi connectivity index (χ4n) is 3.88. The molecule has 0 aliphatic rings. The van der Waals surface area contributed by atoms with E-state index in [1.165, 1.54) is 0 Å². The molecule has 2 atom stereocenters. The van der Waals surface area contributed by atoms with Crippen molar-refractivity contribution < 1.29 is 28.5 Å².